The van der Waals surface area contributed by atoms with Crippen LogP contribution in [0, 0.1) is 26.6 Å². The van der Waals surface area contributed by atoms with Crippen molar-refractivity contribution in [1.29, 1.82) is 0 Å². The fourth-order valence-electron chi connectivity index (χ4n) is 3.65. The molecule has 0 fully saturated rings. The Morgan fingerprint density at radius 2 is 1.65 bits per heavy atom. The van der Waals surface area contributed by atoms with Gasteiger partial charge in [-0.3, -0.25) is 4.79 Å². The van der Waals surface area contributed by atoms with Crippen LogP contribution in [0.25, 0.3) is 11.4 Å². The van der Waals surface area contributed by atoms with Crippen LogP contribution in [0.2, 0.25) is 0 Å². The summed E-state index contributed by atoms with van der Waals surface area (Å²) in [7, 11) is 1.73. The molecule has 0 aliphatic rings. The van der Waals surface area contributed by atoms with Crippen LogP contribution in [0.4, 0.5) is 4.39 Å². The molecule has 0 aliphatic carbocycles. The van der Waals surface area contributed by atoms with Gasteiger partial charge in [0, 0.05) is 31.0 Å². The van der Waals surface area contributed by atoms with Crippen molar-refractivity contribution in [2.75, 3.05) is 7.05 Å². The average Bonchev–Trinajstić information content (AvgIpc) is 3.35. The lowest BCUT2D eigenvalue weighted by atomic mass is 10.1. The molecule has 31 heavy (non-hydrogen) atoms. The number of carbonyl (C=O) groups excluding carboxylic acids is 1. The Morgan fingerprint density at radius 1 is 0.968 bits per heavy atom. The van der Waals surface area contributed by atoms with Gasteiger partial charge in [0.15, 0.2) is 5.69 Å². The number of carbonyl (C=O) groups is 1. The zero-order valence-electron chi connectivity index (χ0n) is 18.0. The zero-order valence-corrected chi connectivity index (χ0v) is 18.0. The zero-order chi connectivity index (χ0) is 22.1. The van der Waals surface area contributed by atoms with E-state index < -0.39 is 5.82 Å². The molecule has 0 N–H and O–H groups in total. The second-order valence-electron chi connectivity index (χ2n) is 7.61. The lowest BCUT2D eigenvalue weighted by molar-refractivity contribution is 0.0778. The van der Waals surface area contributed by atoms with E-state index >= 15 is 0 Å². The van der Waals surface area contributed by atoms with Crippen LogP contribution >= 0.6 is 0 Å². The number of hydrogen-bond donors (Lipinski definition) is 0. The summed E-state index contributed by atoms with van der Waals surface area (Å²) in [6.45, 7) is 6.40. The average molecular weight is 417 g/mol. The van der Waals surface area contributed by atoms with Crippen molar-refractivity contribution in [2.24, 2.45) is 0 Å². The van der Waals surface area contributed by atoms with Crippen LogP contribution in [-0.4, -0.2) is 37.4 Å². The normalized spacial score (nSPS) is 11.0. The maximum absolute atomic E-state index is 14.0. The van der Waals surface area contributed by atoms with Gasteiger partial charge in [-0.1, -0.05) is 30.3 Å². The molecule has 4 aromatic rings. The lowest BCUT2D eigenvalue weighted by Crippen LogP contribution is -2.27. The van der Waals surface area contributed by atoms with Crippen molar-refractivity contribution < 1.29 is 9.18 Å². The van der Waals surface area contributed by atoms with Gasteiger partial charge in [0.1, 0.15) is 11.5 Å². The first-order chi connectivity index (χ1) is 14.9. The molecule has 4 rings (SSSR count). The van der Waals surface area contributed by atoms with Crippen LogP contribution in [-0.2, 0) is 6.54 Å². The standard InChI is InChI=1S/C24H24FN5O/c1-16-9-5-7-11-22(16)30-18(3)19(17(2)26-30)15-28(4)24(31)21-13-14-29(27-21)23-12-8-6-10-20(23)25/h5-14H,15H2,1-4H3. The van der Waals surface area contributed by atoms with Gasteiger partial charge in [0.05, 0.1) is 11.4 Å². The summed E-state index contributed by atoms with van der Waals surface area (Å²) in [6.07, 6.45) is 1.59. The van der Waals surface area contributed by atoms with Crippen molar-refractivity contribution >= 4 is 5.91 Å². The second kappa shape index (κ2) is 8.18. The molecule has 0 aliphatic heterocycles. The topological polar surface area (TPSA) is 56.0 Å². The number of para-hydroxylation sites is 2. The summed E-state index contributed by atoms with van der Waals surface area (Å²) >= 11 is 0. The largest absolute Gasteiger partial charge is 0.336 e. The van der Waals surface area contributed by atoms with Crippen molar-refractivity contribution in [1.82, 2.24) is 24.5 Å². The summed E-state index contributed by atoms with van der Waals surface area (Å²) in [5, 5.41) is 8.97. The minimum atomic E-state index is -0.396. The van der Waals surface area contributed by atoms with Crippen LogP contribution in [0.15, 0.2) is 60.8 Å². The predicted octanol–water partition coefficient (Wildman–Crippen LogP) is 4.39. The first-order valence-corrected chi connectivity index (χ1v) is 10.0. The summed E-state index contributed by atoms with van der Waals surface area (Å²) in [4.78, 5) is 14.6. The predicted molar refractivity (Wildman–Crippen MR) is 117 cm³/mol. The molecule has 2 aromatic heterocycles. The molecule has 0 radical (unpaired) electrons. The summed E-state index contributed by atoms with van der Waals surface area (Å²) < 4.78 is 17.3. The monoisotopic (exact) mass is 417 g/mol. The maximum Gasteiger partial charge on any atom is 0.274 e. The Labute approximate surface area is 180 Å². The molecule has 6 nitrogen and oxygen atoms in total. The summed E-state index contributed by atoms with van der Waals surface area (Å²) in [6, 6.07) is 16.0. The van der Waals surface area contributed by atoms with Gasteiger partial charge in [0.25, 0.3) is 5.91 Å². The smallest absolute Gasteiger partial charge is 0.274 e. The number of benzene rings is 2. The molecule has 2 aromatic carbocycles. The molecule has 0 atom stereocenters. The minimum Gasteiger partial charge on any atom is -0.336 e. The van der Waals surface area contributed by atoms with E-state index in [1.54, 1.807) is 42.4 Å². The lowest BCUT2D eigenvalue weighted by Gasteiger charge is -2.16. The van der Waals surface area contributed by atoms with Gasteiger partial charge in [-0.2, -0.15) is 10.2 Å². The number of aromatic nitrogens is 4. The number of hydrogen-bond acceptors (Lipinski definition) is 3. The molecule has 2 heterocycles. The molecule has 0 unspecified atom stereocenters. The van der Waals surface area contributed by atoms with Gasteiger partial charge in [-0.05, 0) is 50.6 Å². The van der Waals surface area contributed by atoms with Crippen LogP contribution in [0.1, 0.15) is 33.0 Å². The molecule has 7 heteroatoms. The minimum absolute atomic E-state index is 0.238. The number of aryl methyl sites for hydroxylation is 2. The van der Waals surface area contributed by atoms with E-state index in [1.165, 1.54) is 10.7 Å². The highest BCUT2D eigenvalue weighted by molar-refractivity contribution is 5.92. The molecule has 0 bridgehead atoms. The number of amides is 1. The summed E-state index contributed by atoms with van der Waals surface area (Å²) in [5.74, 6) is -0.634. The molecular weight excluding hydrogens is 393 g/mol. The molecule has 0 saturated heterocycles. The Bertz CT molecular complexity index is 1260. The maximum atomic E-state index is 14.0. The van der Waals surface area contributed by atoms with E-state index in [-0.39, 0.29) is 11.6 Å². The molecule has 1 amide bonds. The highest BCUT2D eigenvalue weighted by Crippen LogP contribution is 2.22. The Balaban J connectivity index is 1.57. The van der Waals surface area contributed by atoms with Gasteiger partial charge in [-0.15, -0.1) is 0 Å². The number of rotatable bonds is 5. The second-order valence-corrected chi connectivity index (χ2v) is 7.61. The molecule has 0 spiro atoms. The SMILES string of the molecule is Cc1ccccc1-n1nc(C)c(CN(C)C(=O)c2ccn(-c3ccccc3F)n2)c1C. The van der Waals surface area contributed by atoms with Crippen molar-refractivity contribution in [3.8, 4) is 11.4 Å². The van der Waals surface area contributed by atoms with E-state index in [0.29, 0.717) is 12.2 Å². The van der Waals surface area contributed by atoms with Gasteiger partial charge in [-0.25, -0.2) is 13.8 Å². The molecular formula is C24H24FN5O. The van der Waals surface area contributed by atoms with Crippen LogP contribution in [0.3, 0.4) is 0 Å². The Kier molecular flexibility index (Phi) is 5.42. The van der Waals surface area contributed by atoms with Gasteiger partial charge >= 0.3 is 0 Å². The van der Waals surface area contributed by atoms with Crippen molar-refractivity contribution in [3.05, 3.63) is 94.8 Å². The quantitative estimate of drug-likeness (QED) is 0.484. The van der Waals surface area contributed by atoms with Crippen LogP contribution < -0.4 is 0 Å². The number of halogens is 1. The molecule has 0 saturated carbocycles. The van der Waals surface area contributed by atoms with Crippen molar-refractivity contribution in [3.63, 3.8) is 0 Å². The van der Waals surface area contributed by atoms with E-state index in [0.717, 1.165) is 28.2 Å². The Morgan fingerprint density at radius 3 is 2.35 bits per heavy atom. The van der Waals surface area contributed by atoms with Gasteiger partial charge < -0.3 is 4.90 Å². The summed E-state index contributed by atoms with van der Waals surface area (Å²) in [5.41, 5.74) is 5.56. The van der Waals surface area contributed by atoms with Crippen LogP contribution in [0.5, 0.6) is 0 Å². The van der Waals surface area contributed by atoms with Crippen molar-refractivity contribution in [2.45, 2.75) is 27.3 Å². The van der Waals surface area contributed by atoms with E-state index in [2.05, 4.69) is 5.10 Å². The molecule has 158 valence electrons. The fraction of sp³-hybridized carbons (Fsp3) is 0.208. The third-order valence-corrected chi connectivity index (χ3v) is 5.43. The first kappa shape index (κ1) is 20.5. The number of nitrogens with zero attached hydrogens (tertiary/aromatic N) is 5. The van der Waals surface area contributed by atoms with E-state index in [9.17, 15) is 9.18 Å². The first-order valence-electron chi connectivity index (χ1n) is 10.0. The van der Waals surface area contributed by atoms with Gasteiger partial charge in [0.2, 0.25) is 0 Å². The highest BCUT2D eigenvalue weighted by Gasteiger charge is 2.20. The van der Waals surface area contributed by atoms with E-state index in [4.69, 9.17) is 5.10 Å². The van der Waals surface area contributed by atoms with E-state index in [1.807, 2.05) is 49.7 Å². The highest BCUT2D eigenvalue weighted by atomic mass is 19.1. The third-order valence-electron chi connectivity index (χ3n) is 5.43. The third kappa shape index (κ3) is 3.86. The fourth-order valence-corrected chi connectivity index (χ4v) is 3.65. The Hall–Kier alpha value is -3.74.